The maximum Gasteiger partial charge on any atom is 0.257 e. The van der Waals surface area contributed by atoms with Gasteiger partial charge in [0, 0.05) is 17.6 Å². The lowest BCUT2D eigenvalue weighted by Crippen LogP contribution is -2.12. The Hall–Kier alpha value is -3.09. The normalized spacial score (nSPS) is 10.3. The number of tetrazole rings is 1. The van der Waals surface area contributed by atoms with Gasteiger partial charge in [0.25, 0.3) is 5.91 Å². The zero-order valence-electron chi connectivity index (χ0n) is 11.3. The largest absolute Gasteiger partial charge is 0.322 e. The van der Waals surface area contributed by atoms with E-state index in [1.165, 1.54) is 11.0 Å². The van der Waals surface area contributed by atoms with Gasteiger partial charge in [-0.15, -0.1) is 5.10 Å². The molecule has 0 saturated carbocycles. The quantitative estimate of drug-likeness (QED) is 0.788. The molecule has 0 aliphatic carbocycles. The fourth-order valence-corrected chi connectivity index (χ4v) is 1.78. The summed E-state index contributed by atoms with van der Waals surface area (Å²) in [7, 11) is 0. The molecule has 3 aromatic rings. The van der Waals surface area contributed by atoms with Gasteiger partial charge >= 0.3 is 0 Å². The average Bonchev–Trinajstić information content (AvgIpc) is 3.03. The summed E-state index contributed by atoms with van der Waals surface area (Å²) in [4.78, 5) is 16.2. The van der Waals surface area contributed by atoms with Crippen molar-refractivity contribution in [3.8, 4) is 5.69 Å². The van der Waals surface area contributed by atoms with Crippen LogP contribution in [0.3, 0.4) is 0 Å². The number of nitrogens with one attached hydrogen (secondary N) is 1. The second-order valence-corrected chi connectivity index (χ2v) is 4.44. The van der Waals surface area contributed by atoms with Crippen molar-refractivity contribution in [3.05, 3.63) is 60.2 Å². The Bertz CT molecular complexity index is 734. The van der Waals surface area contributed by atoms with Crippen LogP contribution < -0.4 is 5.32 Å². The van der Waals surface area contributed by atoms with Crippen LogP contribution in [-0.4, -0.2) is 31.1 Å². The first-order valence-electron chi connectivity index (χ1n) is 6.30. The van der Waals surface area contributed by atoms with E-state index >= 15 is 0 Å². The van der Waals surface area contributed by atoms with E-state index in [-0.39, 0.29) is 5.91 Å². The fourth-order valence-electron chi connectivity index (χ4n) is 1.78. The number of anilines is 1. The van der Waals surface area contributed by atoms with Crippen LogP contribution >= 0.6 is 0 Å². The van der Waals surface area contributed by atoms with Gasteiger partial charge in [0.05, 0.1) is 11.3 Å². The molecule has 1 aromatic carbocycles. The van der Waals surface area contributed by atoms with Crippen LogP contribution in [0.1, 0.15) is 16.1 Å². The van der Waals surface area contributed by atoms with Gasteiger partial charge in [-0.1, -0.05) is 0 Å². The Morgan fingerprint density at radius 1 is 1.14 bits per heavy atom. The predicted molar refractivity (Wildman–Crippen MR) is 76.1 cm³/mol. The summed E-state index contributed by atoms with van der Waals surface area (Å²) in [5.74, 6) is -0.197. The first-order chi connectivity index (χ1) is 10.2. The molecule has 2 aromatic heterocycles. The number of aryl methyl sites for hydroxylation is 1. The number of pyridine rings is 1. The molecular formula is C14H12N6O. The molecule has 104 valence electrons. The van der Waals surface area contributed by atoms with Gasteiger partial charge in [0.15, 0.2) is 0 Å². The van der Waals surface area contributed by atoms with Crippen molar-refractivity contribution in [2.45, 2.75) is 6.92 Å². The van der Waals surface area contributed by atoms with Crippen LogP contribution in [0.4, 0.5) is 5.69 Å². The molecule has 7 nitrogen and oxygen atoms in total. The third-order valence-electron chi connectivity index (χ3n) is 2.91. The third-order valence-corrected chi connectivity index (χ3v) is 2.91. The number of rotatable bonds is 3. The highest BCUT2D eigenvalue weighted by Gasteiger charge is 2.06. The highest BCUT2D eigenvalue weighted by Crippen LogP contribution is 2.13. The molecule has 0 fully saturated rings. The number of carbonyl (C=O) groups excluding carboxylic acids is 1. The standard InChI is InChI=1S/C14H12N6O/c1-10-2-3-11(8-15-10)14(21)17-12-4-6-13(7-5-12)20-9-16-18-19-20/h2-9H,1H3,(H,17,21). The zero-order chi connectivity index (χ0) is 14.7. The maximum atomic E-state index is 12.1. The SMILES string of the molecule is Cc1ccc(C(=O)Nc2ccc(-n3cnnn3)cc2)cn1. The molecule has 0 atom stereocenters. The van der Waals surface area contributed by atoms with E-state index in [1.807, 2.05) is 19.1 Å². The van der Waals surface area contributed by atoms with E-state index in [2.05, 4.69) is 25.8 Å². The van der Waals surface area contributed by atoms with E-state index in [0.29, 0.717) is 11.3 Å². The topological polar surface area (TPSA) is 85.6 Å². The zero-order valence-corrected chi connectivity index (χ0v) is 11.3. The Morgan fingerprint density at radius 3 is 2.57 bits per heavy atom. The van der Waals surface area contributed by atoms with Gasteiger partial charge in [-0.05, 0) is 53.7 Å². The lowest BCUT2D eigenvalue weighted by Gasteiger charge is -2.06. The Labute approximate surface area is 120 Å². The van der Waals surface area contributed by atoms with Gasteiger partial charge in [-0.25, -0.2) is 4.68 Å². The summed E-state index contributed by atoms with van der Waals surface area (Å²) >= 11 is 0. The van der Waals surface area contributed by atoms with Crippen molar-refractivity contribution < 1.29 is 4.79 Å². The Morgan fingerprint density at radius 2 is 1.95 bits per heavy atom. The second kappa shape index (κ2) is 5.49. The smallest absolute Gasteiger partial charge is 0.257 e. The number of nitrogens with zero attached hydrogens (tertiary/aromatic N) is 5. The van der Waals surface area contributed by atoms with Crippen molar-refractivity contribution in [1.29, 1.82) is 0 Å². The minimum Gasteiger partial charge on any atom is -0.322 e. The minimum atomic E-state index is -0.197. The summed E-state index contributed by atoms with van der Waals surface area (Å²) in [6, 6.07) is 10.8. The molecule has 0 radical (unpaired) electrons. The van der Waals surface area contributed by atoms with Crippen LogP contribution in [0.15, 0.2) is 48.9 Å². The molecule has 7 heteroatoms. The summed E-state index contributed by atoms with van der Waals surface area (Å²) in [6.45, 7) is 1.87. The molecular weight excluding hydrogens is 268 g/mol. The third kappa shape index (κ3) is 2.92. The fraction of sp³-hybridized carbons (Fsp3) is 0.0714. The number of aromatic nitrogens is 5. The number of carbonyl (C=O) groups is 1. The van der Waals surface area contributed by atoms with Crippen molar-refractivity contribution in [3.63, 3.8) is 0 Å². The van der Waals surface area contributed by atoms with Crippen molar-refractivity contribution in [2.24, 2.45) is 0 Å². The van der Waals surface area contributed by atoms with E-state index < -0.39 is 0 Å². The minimum absolute atomic E-state index is 0.197. The van der Waals surface area contributed by atoms with E-state index in [4.69, 9.17) is 0 Å². The van der Waals surface area contributed by atoms with Crippen LogP contribution in [-0.2, 0) is 0 Å². The summed E-state index contributed by atoms with van der Waals surface area (Å²) in [5, 5.41) is 13.7. The predicted octanol–water partition coefficient (Wildman–Crippen LogP) is 1.62. The van der Waals surface area contributed by atoms with Crippen molar-refractivity contribution >= 4 is 11.6 Å². The molecule has 0 bridgehead atoms. The molecule has 0 unspecified atom stereocenters. The molecule has 0 spiro atoms. The number of amides is 1. The molecule has 0 aliphatic heterocycles. The van der Waals surface area contributed by atoms with Gasteiger partial charge < -0.3 is 5.32 Å². The number of benzene rings is 1. The van der Waals surface area contributed by atoms with Crippen LogP contribution in [0.5, 0.6) is 0 Å². The van der Waals surface area contributed by atoms with Crippen LogP contribution in [0.2, 0.25) is 0 Å². The molecule has 1 amide bonds. The van der Waals surface area contributed by atoms with Crippen LogP contribution in [0.25, 0.3) is 5.69 Å². The molecule has 0 saturated heterocycles. The van der Waals surface area contributed by atoms with Crippen molar-refractivity contribution in [1.82, 2.24) is 25.2 Å². The monoisotopic (exact) mass is 280 g/mol. The summed E-state index contributed by atoms with van der Waals surface area (Å²) in [6.07, 6.45) is 3.06. The molecule has 1 N–H and O–H groups in total. The lowest BCUT2D eigenvalue weighted by molar-refractivity contribution is 0.102. The second-order valence-electron chi connectivity index (χ2n) is 4.44. The number of hydrogen-bond acceptors (Lipinski definition) is 5. The molecule has 3 rings (SSSR count). The van der Waals surface area contributed by atoms with E-state index in [1.54, 1.807) is 30.5 Å². The summed E-state index contributed by atoms with van der Waals surface area (Å²) < 4.78 is 1.54. The Balaban J connectivity index is 1.73. The molecule has 2 heterocycles. The lowest BCUT2D eigenvalue weighted by atomic mass is 10.2. The van der Waals surface area contributed by atoms with Gasteiger partial charge in [-0.2, -0.15) is 0 Å². The van der Waals surface area contributed by atoms with Crippen LogP contribution in [0, 0.1) is 6.92 Å². The van der Waals surface area contributed by atoms with E-state index in [9.17, 15) is 4.79 Å². The Kier molecular flexibility index (Phi) is 3.38. The molecule has 21 heavy (non-hydrogen) atoms. The average molecular weight is 280 g/mol. The van der Waals surface area contributed by atoms with Gasteiger partial charge in [0.2, 0.25) is 0 Å². The number of hydrogen-bond donors (Lipinski definition) is 1. The first-order valence-corrected chi connectivity index (χ1v) is 6.30. The van der Waals surface area contributed by atoms with Gasteiger partial charge in [0.1, 0.15) is 6.33 Å². The summed E-state index contributed by atoms with van der Waals surface area (Å²) in [5.41, 5.74) is 2.90. The highest BCUT2D eigenvalue weighted by molar-refractivity contribution is 6.04. The van der Waals surface area contributed by atoms with Gasteiger partial charge in [-0.3, -0.25) is 9.78 Å². The maximum absolute atomic E-state index is 12.1. The van der Waals surface area contributed by atoms with E-state index in [0.717, 1.165) is 11.4 Å². The highest BCUT2D eigenvalue weighted by atomic mass is 16.1. The van der Waals surface area contributed by atoms with Crippen molar-refractivity contribution in [2.75, 3.05) is 5.32 Å². The molecule has 0 aliphatic rings. The first kappa shape index (κ1) is 12.9.